The van der Waals surface area contributed by atoms with Crippen LogP contribution in [-0.4, -0.2) is 38.9 Å². The SMILES string of the molecule is CCN(CC)C(=O)CNc1ccc(N)cc1S(N)(=O)=O. The molecule has 0 unspecified atom stereocenters. The molecule has 0 radical (unpaired) electrons. The first-order chi connectivity index (χ1) is 9.29. The molecule has 0 bridgehead atoms. The van der Waals surface area contributed by atoms with Crippen LogP contribution >= 0.6 is 0 Å². The molecule has 0 atom stereocenters. The van der Waals surface area contributed by atoms with Crippen LogP contribution in [0.4, 0.5) is 11.4 Å². The van der Waals surface area contributed by atoms with E-state index in [1.807, 2.05) is 13.8 Å². The van der Waals surface area contributed by atoms with Gasteiger partial charge in [-0.2, -0.15) is 0 Å². The van der Waals surface area contributed by atoms with Gasteiger partial charge in [0.05, 0.1) is 12.2 Å². The van der Waals surface area contributed by atoms with Crippen molar-refractivity contribution in [2.24, 2.45) is 5.14 Å². The van der Waals surface area contributed by atoms with E-state index in [0.717, 1.165) is 0 Å². The standard InChI is InChI=1S/C12H20N4O3S/c1-3-16(4-2)12(17)8-15-10-6-5-9(13)7-11(10)20(14,18)19/h5-7,15H,3-4,8,13H2,1-2H3,(H2,14,18,19). The summed E-state index contributed by atoms with van der Waals surface area (Å²) in [6.07, 6.45) is 0. The second-order valence-electron chi connectivity index (χ2n) is 4.22. The summed E-state index contributed by atoms with van der Waals surface area (Å²) in [6.45, 7) is 4.94. The number of carbonyl (C=O) groups excluding carboxylic acids is 1. The number of rotatable bonds is 6. The maximum absolute atomic E-state index is 11.9. The Labute approximate surface area is 119 Å². The smallest absolute Gasteiger partial charge is 0.241 e. The van der Waals surface area contributed by atoms with Crippen molar-refractivity contribution in [2.45, 2.75) is 18.7 Å². The molecule has 0 aromatic heterocycles. The summed E-state index contributed by atoms with van der Waals surface area (Å²) in [4.78, 5) is 13.4. The number of nitrogens with one attached hydrogen (secondary N) is 1. The number of nitrogens with zero attached hydrogens (tertiary/aromatic N) is 1. The van der Waals surface area contributed by atoms with Crippen molar-refractivity contribution in [3.05, 3.63) is 18.2 Å². The second kappa shape index (κ2) is 6.58. The van der Waals surface area contributed by atoms with Crippen molar-refractivity contribution in [3.63, 3.8) is 0 Å². The number of hydrogen-bond donors (Lipinski definition) is 3. The van der Waals surface area contributed by atoms with Crippen LogP contribution < -0.4 is 16.2 Å². The molecule has 1 amide bonds. The van der Waals surface area contributed by atoms with E-state index >= 15 is 0 Å². The molecule has 0 heterocycles. The van der Waals surface area contributed by atoms with Gasteiger partial charge in [-0.3, -0.25) is 4.79 Å². The van der Waals surface area contributed by atoms with Gasteiger partial charge in [0.15, 0.2) is 0 Å². The molecule has 0 saturated carbocycles. The predicted molar refractivity (Wildman–Crippen MR) is 78.6 cm³/mol. The number of anilines is 2. The number of hydrogen-bond acceptors (Lipinski definition) is 5. The number of sulfonamides is 1. The molecule has 8 heteroatoms. The lowest BCUT2D eigenvalue weighted by molar-refractivity contribution is -0.128. The Hall–Kier alpha value is -1.80. The number of amides is 1. The molecular weight excluding hydrogens is 280 g/mol. The molecule has 0 aliphatic rings. The molecule has 0 fully saturated rings. The van der Waals surface area contributed by atoms with E-state index in [9.17, 15) is 13.2 Å². The number of carbonyl (C=O) groups is 1. The zero-order valence-electron chi connectivity index (χ0n) is 11.6. The van der Waals surface area contributed by atoms with Crippen LogP contribution in [0.3, 0.4) is 0 Å². The molecule has 1 aromatic carbocycles. The third-order valence-electron chi connectivity index (χ3n) is 2.86. The normalized spacial score (nSPS) is 11.2. The summed E-state index contributed by atoms with van der Waals surface area (Å²) in [5.74, 6) is -0.118. The Balaban J connectivity index is 2.91. The summed E-state index contributed by atoms with van der Waals surface area (Å²) in [6, 6.07) is 4.29. The van der Waals surface area contributed by atoms with Gasteiger partial charge in [0.1, 0.15) is 4.90 Å². The van der Waals surface area contributed by atoms with Gasteiger partial charge in [-0.05, 0) is 32.0 Å². The molecule has 0 saturated heterocycles. The Kier molecular flexibility index (Phi) is 5.34. The highest BCUT2D eigenvalue weighted by Gasteiger charge is 2.16. The number of benzene rings is 1. The lowest BCUT2D eigenvalue weighted by Crippen LogP contribution is -2.35. The third kappa shape index (κ3) is 4.10. The fraction of sp³-hybridized carbons (Fsp3) is 0.417. The summed E-state index contributed by atoms with van der Waals surface area (Å²) in [5, 5.41) is 7.92. The Morgan fingerprint density at radius 1 is 1.30 bits per heavy atom. The minimum atomic E-state index is -3.90. The first-order valence-electron chi connectivity index (χ1n) is 6.23. The van der Waals surface area contributed by atoms with Crippen LogP contribution in [0.15, 0.2) is 23.1 Å². The first-order valence-corrected chi connectivity index (χ1v) is 7.78. The molecule has 112 valence electrons. The van der Waals surface area contributed by atoms with E-state index in [1.54, 1.807) is 11.0 Å². The van der Waals surface area contributed by atoms with Crippen molar-refractivity contribution < 1.29 is 13.2 Å². The Morgan fingerprint density at radius 2 is 1.90 bits per heavy atom. The number of primary sulfonamides is 1. The lowest BCUT2D eigenvalue weighted by Gasteiger charge is -2.19. The number of nitrogen functional groups attached to an aromatic ring is 1. The number of likely N-dealkylation sites (N-methyl/N-ethyl adjacent to an activating group) is 1. The van der Waals surface area contributed by atoms with Gasteiger partial charge < -0.3 is 16.0 Å². The van der Waals surface area contributed by atoms with Crippen LogP contribution in [0, 0.1) is 0 Å². The van der Waals surface area contributed by atoms with E-state index in [2.05, 4.69) is 5.32 Å². The van der Waals surface area contributed by atoms with Gasteiger partial charge in [0, 0.05) is 18.8 Å². The average Bonchev–Trinajstić information content (AvgIpc) is 2.37. The minimum Gasteiger partial charge on any atom is -0.399 e. The number of nitrogens with two attached hydrogens (primary N) is 2. The predicted octanol–water partition coefficient (Wildman–Crippen LogP) is 0.197. The summed E-state index contributed by atoms with van der Waals surface area (Å²) < 4.78 is 23.0. The quantitative estimate of drug-likeness (QED) is 0.648. The van der Waals surface area contributed by atoms with Gasteiger partial charge >= 0.3 is 0 Å². The topological polar surface area (TPSA) is 119 Å². The van der Waals surface area contributed by atoms with Crippen molar-refractivity contribution in [2.75, 3.05) is 30.7 Å². The fourth-order valence-electron chi connectivity index (χ4n) is 1.78. The second-order valence-corrected chi connectivity index (χ2v) is 5.75. The fourth-order valence-corrected chi connectivity index (χ4v) is 2.53. The summed E-state index contributed by atoms with van der Waals surface area (Å²) in [7, 11) is -3.90. The average molecular weight is 300 g/mol. The Morgan fingerprint density at radius 3 is 2.40 bits per heavy atom. The van der Waals surface area contributed by atoms with Gasteiger partial charge in [0.2, 0.25) is 15.9 Å². The van der Waals surface area contributed by atoms with E-state index < -0.39 is 10.0 Å². The van der Waals surface area contributed by atoms with Crippen LogP contribution in [-0.2, 0) is 14.8 Å². The van der Waals surface area contributed by atoms with Crippen molar-refractivity contribution in [1.82, 2.24) is 4.90 Å². The first kappa shape index (κ1) is 16.3. The van der Waals surface area contributed by atoms with Crippen molar-refractivity contribution in [1.29, 1.82) is 0 Å². The van der Waals surface area contributed by atoms with E-state index in [-0.39, 0.29) is 28.7 Å². The highest BCUT2D eigenvalue weighted by atomic mass is 32.2. The van der Waals surface area contributed by atoms with Crippen LogP contribution in [0.1, 0.15) is 13.8 Å². The summed E-state index contributed by atoms with van der Waals surface area (Å²) in [5.41, 5.74) is 6.10. The molecule has 0 aliphatic heterocycles. The van der Waals surface area contributed by atoms with Gasteiger partial charge in [-0.1, -0.05) is 0 Å². The van der Waals surface area contributed by atoms with Gasteiger partial charge in [0.25, 0.3) is 0 Å². The summed E-state index contributed by atoms with van der Waals surface area (Å²) >= 11 is 0. The van der Waals surface area contributed by atoms with Crippen LogP contribution in [0.2, 0.25) is 0 Å². The van der Waals surface area contributed by atoms with Gasteiger partial charge in [-0.15, -0.1) is 0 Å². The zero-order chi connectivity index (χ0) is 15.3. The van der Waals surface area contributed by atoms with Crippen LogP contribution in [0.25, 0.3) is 0 Å². The van der Waals surface area contributed by atoms with E-state index in [4.69, 9.17) is 10.9 Å². The molecule has 5 N–H and O–H groups in total. The van der Waals surface area contributed by atoms with Crippen molar-refractivity contribution in [3.8, 4) is 0 Å². The molecule has 1 aromatic rings. The Bertz CT molecular complexity index is 582. The molecule has 7 nitrogen and oxygen atoms in total. The van der Waals surface area contributed by atoms with E-state index in [1.165, 1.54) is 12.1 Å². The highest BCUT2D eigenvalue weighted by Crippen LogP contribution is 2.22. The van der Waals surface area contributed by atoms with Gasteiger partial charge in [-0.25, -0.2) is 13.6 Å². The zero-order valence-corrected chi connectivity index (χ0v) is 12.4. The molecule has 0 spiro atoms. The molecular formula is C12H20N4O3S. The van der Waals surface area contributed by atoms with Crippen LogP contribution in [0.5, 0.6) is 0 Å². The lowest BCUT2D eigenvalue weighted by atomic mass is 10.3. The monoisotopic (exact) mass is 300 g/mol. The van der Waals surface area contributed by atoms with Crippen molar-refractivity contribution >= 4 is 27.3 Å². The maximum atomic E-state index is 11.9. The molecule has 20 heavy (non-hydrogen) atoms. The molecule has 1 rings (SSSR count). The van der Waals surface area contributed by atoms with E-state index in [0.29, 0.717) is 13.1 Å². The largest absolute Gasteiger partial charge is 0.399 e. The minimum absolute atomic E-state index is 0.00584. The highest BCUT2D eigenvalue weighted by molar-refractivity contribution is 7.89. The third-order valence-corrected chi connectivity index (χ3v) is 3.81. The molecule has 0 aliphatic carbocycles. The maximum Gasteiger partial charge on any atom is 0.241 e.